The van der Waals surface area contributed by atoms with Crippen LogP contribution in [0.4, 0.5) is 0 Å². The van der Waals surface area contributed by atoms with Gasteiger partial charge in [0, 0.05) is 6.54 Å². The standard InChI is InChI=1S/C13H21NO2/c1-10-8-12(3)13(9-11(10)2)16-7-6-15-5-4-14/h8-9H,4-7,14H2,1-3H3. The minimum atomic E-state index is 0.558. The Kier molecular flexibility index (Phi) is 5.29. The second kappa shape index (κ2) is 6.51. The molecule has 90 valence electrons. The second-order valence-electron chi connectivity index (χ2n) is 3.95. The van der Waals surface area contributed by atoms with Gasteiger partial charge in [0.2, 0.25) is 0 Å². The molecular formula is C13H21NO2. The Morgan fingerprint density at radius 1 is 0.938 bits per heavy atom. The molecule has 0 saturated carbocycles. The maximum absolute atomic E-state index is 5.65. The summed E-state index contributed by atoms with van der Waals surface area (Å²) in [5.74, 6) is 0.944. The van der Waals surface area contributed by atoms with Gasteiger partial charge in [-0.15, -0.1) is 0 Å². The van der Waals surface area contributed by atoms with Crippen molar-refractivity contribution in [2.45, 2.75) is 20.8 Å². The summed E-state index contributed by atoms with van der Waals surface area (Å²) in [4.78, 5) is 0. The molecule has 0 spiro atoms. The van der Waals surface area contributed by atoms with Crippen molar-refractivity contribution in [2.24, 2.45) is 5.73 Å². The zero-order chi connectivity index (χ0) is 12.0. The van der Waals surface area contributed by atoms with E-state index < -0.39 is 0 Å². The highest BCUT2D eigenvalue weighted by Crippen LogP contribution is 2.22. The highest BCUT2D eigenvalue weighted by molar-refractivity contribution is 5.40. The third-order valence-electron chi connectivity index (χ3n) is 2.54. The van der Waals surface area contributed by atoms with Gasteiger partial charge in [0.1, 0.15) is 12.4 Å². The lowest BCUT2D eigenvalue weighted by molar-refractivity contribution is 0.105. The molecule has 0 aromatic heterocycles. The van der Waals surface area contributed by atoms with E-state index in [9.17, 15) is 0 Å². The van der Waals surface area contributed by atoms with Gasteiger partial charge in [0.05, 0.1) is 13.2 Å². The van der Waals surface area contributed by atoms with Gasteiger partial charge in [-0.25, -0.2) is 0 Å². The van der Waals surface area contributed by atoms with Crippen molar-refractivity contribution in [3.05, 3.63) is 28.8 Å². The van der Waals surface area contributed by atoms with E-state index in [-0.39, 0.29) is 0 Å². The second-order valence-corrected chi connectivity index (χ2v) is 3.95. The number of hydrogen-bond acceptors (Lipinski definition) is 3. The van der Waals surface area contributed by atoms with Gasteiger partial charge in [-0.1, -0.05) is 6.07 Å². The van der Waals surface area contributed by atoms with Crippen LogP contribution < -0.4 is 10.5 Å². The lowest BCUT2D eigenvalue weighted by atomic mass is 10.1. The summed E-state index contributed by atoms with van der Waals surface area (Å²) in [6, 6.07) is 4.22. The first kappa shape index (κ1) is 13.0. The fourth-order valence-corrected chi connectivity index (χ4v) is 1.49. The van der Waals surface area contributed by atoms with Gasteiger partial charge < -0.3 is 15.2 Å². The molecule has 1 rings (SSSR count). The molecular weight excluding hydrogens is 202 g/mol. The van der Waals surface area contributed by atoms with Crippen molar-refractivity contribution in [1.82, 2.24) is 0 Å². The number of benzene rings is 1. The predicted molar refractivity (Wildman–Crippen MR) is 66.0 cm³/mol. The maximum atomic E-state index is 5.65. The molecule has 0 aliphatic carbocycles. The highest BCUT2D eigenvalue weighted by atomic mass is 16.5. The number of ether oxygens (including phenoxy) is 2. The third kappa shape index (κ3) is 3.83. The molecule has 0 heterocycles. The summed E-state index contributed by atoms with van der Waals surface area (Å²) >= 11 is 0. The molecule has 0 unspecified atom stereocenters. The van der Waals surface area contributed by atoms with Gasteiger partial charge in [0.15, 0.2) is 0 Å². The Morgan fingerprint density at radius 2 is 1.62 bits per heavy atom. The van der Waals surface area contributed by atoms with Crippen LogP contribution in [0.15, 0.2) is 12.1 Å². The Hall–Kier alpha value is -1.06. The molecule has 0 bridgehead atoms. The molecule has 0 aliphatic heterocycles. The summed E-state index contributed by atoms with van der Waals surface area (Å²) in [6.07, 6.45) is 0. The average molecular weight is 223 g/mol. The molecule has 2 N–H and O–H groups in total. The quantitative estimate of drug-likeness (QED) is 0.750. The molecule has 1 aromatic carbocycles. The molecule has 1 aromatic rings. The van der Waals surface area contributed by atoms with Crippen LogP contribution in [0.2, 0.25) is 0 Å². The Bertz CT molecular complexity index is 337. The normalized spacial score (nSPS) is 10.5. The van der Waals surface area contributed by atoms with Crippen LogP contribution in [0.5, 0.6) is 5.75 Å². The minimum absolute atomic E-state index is 0.558. The molecule has 0 fully saturated rings. The van der Waals surface area contributed by atoms with Crippen LogP contribution in [0, 0.1) is 20.8 Å². The third-order valence-corrected chi connectivity index (χ3v) is 2.54. The molecule has 0 atom stereocenters. The summed E-state index contributed by atoms with van der Waals surface area (Å²) in [5, 5.41) is 0. The molecule has 3 nitrogen and oxygen atoms in total. The van der Waals surface area contributed by atoms with Crippen molar-refractivity contribution < 1.29 is 9.47 Å². The van der Waals surface area contributed by atoms with Crippen LogP contribution in [0.3, 0.4) is 0 Å². The van der Waals surface area contributed by atoms with Crippen LogP contribution in [0.1, 0.15) is 16.7 Å². The Labute approximate surface area is 97.6 Å². The number of nitrogens with two attached hydrogens (primary N) is 1. The van der Waals surface area contributed by atoms with E-state index in [4.69, 9.17) is 15.2 Å². The van der Waals surface area contributed by atoms with Gasteiger partial charge in [-0.2, -0.15) is 0 Å². The molecule has 0 saturated heterocycles. The van der Waals surface area contributed by atoms with Gasteiger partial charge in [0.25, 0.3) is 0 Å². The average Bonchev–Trinajstić information content (AvgIpc) is 2.25. The van der Waals surface area contributed by atoms with Crippen molar-refractivity contribution in [2.75, 3.05) is 26.4 Å². The van der Waals surface area contributed by atoms with E-state index in [0.717, 1.165) is 5.75 Å². The zero-order valence-corrected chi connectivity index (χ0v) is 10.4. The summed E-state index contributed by atoms with van der Waals surface area (Å²) in [5.41, 5.74) is 9.03. The molecule has 0 amide bonds. The van der Waals surface area contributed by atoms with Crippen molar-refractivity contribution in [3.63, 3.8) is 0 Å². The van der Waals surface area contributed by atoms with Crippen LogP contribution in [-0.2, 0) is 4.74 Å². The number of rotatable bonds is 6. The lowest BCUT2D eigenvalue weighted by Gasteiger charge is -2.11. The highest BCUT2D eigenvalue weighted by Gasteiger charge is 2.02. The summed E-state index contributed by atoms with van der Waals surface area (Å²) in [7, 11) is 0. The first-order chi connectivity index (χ1) is 7.65. The van der Waals surface area contributed by atoms with E-state index in [2.05, 4.69) is 32.9 Å². The van der Waals surface area contributed by atoms with Crippen molar-refractivity contribution >= 4 is 0 Å². The van der Waals surface area contributed by atoms with E-state index in [0.29, 0.717) is 26.4 Å². The van der Waals surface area contributed by atoms with E-state index >= 15 is 0 Å². The molecule has 0 aliphatic rings. The fraction of sp³-hybridized carbons (Fsp3) is 0.538. The van der Waals surface area contributed by atoms with E-state index in [1.54, 1.807) is 0 Å². The van der Waals surface area contributed by atoms with Crippen molar-refractivity contribution in [3.8, 4) is 5.75 Å². The molecule has 3 heteroatoms. The molecule has 16 heavy (non-hydrogen) atoms. The first-order valence-electron chi connectivity index (χ1n) is 5.63. The van der Waals surface area contributed by atoms with E-state index in [1.165, 1.54) is 16.7 Å². The summed E-state index contributed by atoms with van der Waals surface area (Å²) in [6.45, 7) is 8.57. The Morgan fingerprint density at radius 3 is 2.31 bits per heavy atom. The van der Waals surface area contributed by atoms with Gasteiger partial charge >= 0.3 is 0 Å². The van der Waals surface area contributed by atoms with E-state index in [1.807, 2.05) is 0 Å². The van der Waals surface area contributed by atoms with Crippen LogP contribution in [0.25, 0.3) is 0 Å². The largest absolute Gasteiger partial charge is 0.491 e. The van der Waals surface area contributed by atoms with Crippen LogP contribution >= 0.6 is 0 Å². The zero-order valence-electron chi connectivity index (χ0n) is 10.4. The van der Waals surface area contributed by atoms with Crippen LogP contribution in [-0.4, -0.2) is 26.4 Å². The monoisotopic (exact) mass is 223 g/mol. The number of aryl methyl sites for hydroxylation is 3. The first-order valence-corrected chi connectivity index (χ1v) is 5.63. The van der Waals surface area contributed by atoms with Crippen molar-refractivity contribution in [1.29, 1.82) is 0 Å². The number of hydrogen-bond donors (Lipinski definition) is 1. The summed E-state index contributed by atoms with van der Waals surface area (Å²) < 4.78 is 10.9. The lowest BCUT2D eigenvalue weighted by Crippen LogP contribution is -2.13. The maximum Gasteiger partial charge on any atom is 0.122 e. The SMILES string of the molecule is Cc1cc(C)c(OCCOCCN)cc1C. The van der Waals surface area contributed by atoms with Gasteiger partial charge in [-0.3, -0.25) is 0 Å². The topological polar surface area (TPSA) is 44.5 Å². The predicted octanol–water partition coefficient (Wildman–Crippen LogP) is 1.97. The fourth-order valence-electron chi connectivity index (χ4n) is 1.49. The van der Waals surface area contributed by atoms with Gasteiger partial charge in [-0.05, 0) is 43.5 Å². The minimum Gasteiger partial charge on any atom is -0.491 e. The smallest absolute Gasteiger partial charge is 0.122 e. The molecule has 0 radical (unpaired) electrons. The Balaban J connectivity index is 2.45.